The van der Waals surface area contributed by atoms with Gasteiger partial charge in [-0.3, -0.25) is 0 Å². The summed E-state index contributed by atoms with van der Waals surface area (Å²) in [6.45, 7) is 12.1. The zero-order valence-corrected chi connectivity index (χ0v) is 36.5. The second-order valence-electron chi connectivity index (χ2n) is 19.7. The molecule has 0 spiro atoms. The van der Waals surface area contributed by atoms with Gasteiger partial charge < -0.3 is 14.7 Å². The van der Waals surface area contributed by atoms with E-state index in [1.165, 1.54) is 104 Å². The van der Waals surface area contributed by atoms with Crippen molar-refractivity contribution in [2.45, 2.75) is 76.7 Å². The van der Waals surface area contributed by atoms with Crippen molar-refractivity contribution in [3.05, 3.63) is 187 Å². The van der Waals surface area contributed by atoms with E-state index in [9.17, 15) is 0 Å². The van der Waals surface area contributed by atoms with Crippen molar-refractivity contribution < 1.29 is 0 Å². The van der Waals surface area contributed by atoms with Gasteiger partial charge in [0.15, 0.2) is 0 Å². The van der Waals surface area contributed by atoms with E-state index in [2.05, 4.69) is 225 Å². The van der Waals surface area contributed by atoms with Crippen molar-refractivity contribution >= 4 is 79.4 Å². The first-order valence-electron chi connectivity index (χ1n) is 22.7. The molecule has 1 fully saturated rings. The van der Waals surface area contributed by atoms with Gasteiger partial charge in [-0.1, -0.05) is 156 Å². The Morgan fingerprint density at radius 2 is 1.26 bits per heavy atom. The maximum absolute atomic E-state index is 2.81. The number of hydrogen-bond donors (Lipinski definition) is 0. The molecule has 302 valence electrons. The minimum absolute atomic E-state index is 0.00903. The molecule has 12 rings (SSSR count). The van der Waals surface area contributed by atoms with Crippen LogP contribution in [0, 0.1) is 0 Å². The smallest absolute Gasteiger partial charge is 0.252 e. The molecular weight excluding hydrogens is 749 g/mol. The molecule has 0 N–H and O–H groups in total. The van der Waals surface area contributed by atoms with Crippen LogP contribution in [0.2, 0.25) is 0 Å². The highest BCUT2D eigenvalue weighted by atomic mass is 15.3. The quantitative estimate of drug-likeness (QED) is 0.161. The summed E-state index contributed by atoms with van der Waals surface area (Å²) in [4.78, 5) is 7.82. The van der Waals surface area contributed by atoms with E-state index in [0.29, 0.717) is 0 Å². The molecular formula is C58H52BN3. The van der Waals surface area contributed by atoms with Crippen molar-refractivity contribution in [3.63, 3.8) is 0 Å². The fraction of sp³-hybridized carbons (Fsp3) is 0.207. The number of benzene rings is 8. The van der Waals surface area contributed by atoms with E-state index in [1.54, 1.807) is 0 Å². The summed E-state index contributed by atoms with van der Waals surface area (Å²) in [5, 5.41) is 2.51. The highest BCUT2D eigenvalue weighted by Gasteiger charge is 2.61. The number of anilines is 8. The van der Waals surface area contributed by atoms with Gasteiger partial charge in [-0.05, 0) is 135 Å². The molecule has 0 saturated heterocycles. The Balaban J connectivity index is 1.09. The van der Waals surface area contributed by atoms with Crippen molar-refractivity contribution in [2.24, 2.45) is 0 Å². The Kier molecular flexibility index (Phi) is 8.11. The highest BCUT2D eigenvalue weighted by Crippen LogP contribution is 2.61. The van der Waals surface area contributed by atoms with Crippen LogP contribution in [-0.4, -0.2) is 12.3 Å². The first-order valence-corrected chi connectivity index (χ1v) is 22.7. The molecule has 4 heteroatoms. The summed E-state index contributed by atoms with van der Waals surface area (Å²) in [7, 11) is 0. The van der Waals surface area contributed by atoms with E-state index < -0.39 is 0 Å². The van der Waals surface area contributed by atoms with E-state index in [1.807, 2.05) is 0 Å². The third-order valence-electron chi connectivity index (χ3n) is 15.3. The molecule has 0 aromatic heterocycles. The topological polar surface area (TPSA) is 9.72 Å². The van der Waals surface area contributed by atoms with Gasteiger partial charge in [-0.2, -0.15) is 0 Å². The van der Waals surface area contributed by atoms with Crippen molar-refractivity contribution in [3.8, 4) is 11.1 Å². The number of hydrogen-bond acceptors (Lipinski definition) is 3. The van der Waals surface area contributed by atoms with Crippen LogP contribution in [0.4, 0.5) is 45.5 Å². The number of nitrogens with zero attached hydrogens (tertiary/aromatic N) is 3. The molecule has 8 aromatic rings. The van der Waals surface area contributed by atoms with E-state index >= 15 is 0 Å². The zero-order chi connectivity index (χ0) is 42.0. The maximum Gasteiger partial charge on any atom is 0.252 e. The Morgan fingerprint density at radius 1 is 0.565 bits per heavy atom. The van der Waals surface area contributed by atoms with Gasteiger partial charge in [0.05, 0.1) is 5.54 Å². The van der Waals surface area contributed by atoms with Crippen LogP contribution in [0.1, 0.15) is 71.4 Å². The average Bonchev–Trinajstić information content (AvgIpc) is 3.51. The van der Waals surface area contributed by atoms with Crippen LogP contribution in [-0.2, 0) is 10.8 Å². The van der Waals surface area contributed by atoms with E-state index in [0.717, 1.165) is 17.1 Å². The van der Waals surface area contributed by atoms with Crippen LogP contribution >= 0.6 is 0 Å². The lowest BCUT2D eigenvalue weighted by molar-refractivity contribution is 0.195. The Hall–Kier alpha value is -6.52. The normalized spacial score (nSPS) is 19.5. The summed E-state index contributed by atoms with van der Waals surface area (Å²) < 4.78 is 0. The maximum atomic E-state index is 2.81. The third-order valence-corrected chi connectivity index (χ3v) is 15.3. The van der Waals surface area contributed by atoms with Crippen LogP contribution in [0.15, 0.2) is 176 Å². The fourth-order valence-corrected chi connectivity index (χ4v) is 12.0. The second kappa shape index (κ2) is 13.5. The predicted octanol–water partition coefficient (Wildman–Crippen LogP) is 13.6. The van der Waals surface area contributed by atoms with Gasteiger partial charge in [0.2, 0.25) is 0 Å². The molecule has 8 aromatic carbocycles. The Bertz CT molecular complexity index is 3070. The van der Waals surface area contributed by atoms with Crippen LogP contribution < -0.4 is 31.1 Å². The summed E-state index contributed by atoms with van der Waals surface area (Å²) in [6.07, 6.45) is 4.98. The van der Waals surface area contributed by atoms with Gasteiger partial charge in [-0.15, -0.1) is 0 Å². The lowest BCUT2D eigenvalue weighted by atomic mass is 9.33. The second-order valence-corrected chi connectivity index (χ2v) is 19.7. The Labute approximate surface area is 367 Å². The van der Waals surface area contributed by atoms with Crippen molar-refractivity contribution in [1.82, 2.24) is 0 Å². The molecule has 3 aliphatic heterocycles. The minimum Gasteiger partial charge on any atom is -0.335 e. The molecule has 1 aliphatic carbocycles. The minimum atomic E-state index is 0.00903. The van der Waals surface area contributed by atoms with Crippen LogP contribution in [0.25, 0.3) is 21.9 Å². The molecule has 0 radical (unpaired) electrons. The number of para-hydroxylation sites is 2. The van der Waals surface area contributed by atoms with E-state index in [-0.39, 0.29) is 23.1 Å². The lowest BCUT2D eigenvalue weighted by Gasteiger charge is -2.52. The van der Waals surface area contributed by atoms with Crippen molar-refractivity contribution in [2.75, 3.05) is 14.7 Å². The standard InChI is InChI=1S/C58H52BN3/c1-56(2,3)41-29-31-43(32-30-41)60(44-22-13-19-40(37-44)47-24-14-18-39-17-9-10-23-46(39)47)45-33-34-49-53(38-45)61(42-20-7-6-8-21-42)51-27-16-28-52-54(51)59(49)50-26-15-25-48-55(50)62(52)58(5)36-12-11-35-57(48,58)4/h6-10,13-34,37-38H,11-12,35-36H2,1-5H3. The largest absolute Gasteiger partial charge is 0.335 e. The molecule has 62 heavy (non-hydrogen) atoms. The number of rotatable bonds is 5. The molecule has 3 nitrogen and oxygen atoms in total. The molecule has 0 bridgehead atoms. The molecule has 2 atom stereocenters. The summed E-state index contributed by atoms with van der Waals surface area (Å²) >= 11 is 0. The summed E-state index contributed by atoms with van der Waals surface area (Å²) in [5.41, 5.74) is 19.6. The van der Waals surface area contributed by atoms with Crippen molar-refractivity contribution in [1.29, 1.82) is 0 Å². The predicted molar refractivity (Wildman–Crippen MR) is 265 cm³/mol. The molecule has 4 aliphatic rings. The van der Waals surface area contributed by atoms with Gasteiger partial charge >= 0.3 is 0 Å². The molecule has 0 amide bonds. The first kappa shape index (κ1) is 37.3. The third kappa shape index (κ3) is 5.25. The van der Waals surface area contributed by atoms with Gasteiger partial charge in [0, 0.05) is 50.9 Å². The SMILES string of the molecule is CC(C)(C)c1ccc(N(c2cccc(-c3cccc4ccccc34)c2)c2ccc3c(c2)N(c2ccccc2)c2cccc4c2B3c2cccc3c2N4C2(C)CCCCC32C)cc1. The van der Waals surface area contributed by atoms with E-state index in [4.69, 9.17) is 0 Å². The monoisotopic (exact) mass is 801 g/mol. The van der Waals surface area contributed by atoms with Gasteiger partial charge in [-0.25, -0.2) is 0 Å². The zero-order valence-electron chi connectivity index (χ0n) is 36.5. The van der Waals surface area contributed by atoms with Gasteiger partial charge in [0.1, 0.15) is 0 Å². The number of fused-ring (bicyclic) bond motifs is 8. The summed E-state index contributed by atoms with van der Waals surface area (Å²) in [5.74, 6) is 0. The van der Waals surface area contributed by atoms with Crippen LogP contribution in [0.3, 0.4) is 0 Å². The molecule has 3 heterocycles. The molecule has 1 saturated carbocycles. The first-order chi connectivity index (χ1) is 30.1. The average molecular weight is 802 g/mol. The van der Waals surface area contributed by atoms with Gasteiger partial charge in [0.25, 0.3) is 6.71 Å². The summed E-state index contributed by atoms with van der Waals surface area (Å²) in [6, 6.07) is 66.4. The highest BCUT2D eigenvalue weighted by molar-refractivity contribution is 7.00. The van der Waals surface area contributed by atoms with Crippen LogP contribution in [0.5, 0.6) is 0 Å². The Morgan fingerprint density at radius 3 is 2.10 bits per heavy atom. The lowest BCUT2D eigenvalue weighted by Crippen LogP contribution is -2.64. The fourth-order valence-electron chi connectivity index (χ4n) is 12.0. The molecule has 2 unspecified atom stereocenters.